The minimum Gasteiger partial charge on any atom is -0.450 e. The normalized spacial score (nSPS) is 9.46. The van der Waals surface area contributed by atoms with Gasteiger partial charge in [-0.2, -0.15) is 0 Å². The SMILES string of the molecule is CCOC(=O)Nc1ccc(C#Cc2ccc(NC(=O)OCC)cc2)cc1. The van der Waals surface area contributed by atoms with Gasteiger partial charge in [-0.3, -0.25) is 10.6 Å². The van der Waals surface area contributed by atoms with Crippen molar-refractivity contribution >= 4 is 23.6 Å². The van der Waals surface area contributed by atoms with Crippen LogP contribution < -0.4 is 10.6 Å². The Morgan fingerprint density at radius 1 is 0.731 bits per heavy atom. The Morgan fingerprint density at radius 3 is 1.38 bits per heavy atom. The molecule has 0 aromatic heterocycles. The van der Waals surface area contributed by atoms with Gasteiger partial charge >= 0.3 is 12.2 Å². The summed E-state index contributed by atoms with van der Waals surface area (Å²) in [6, 6.07) is 14.3. The third-order valence-electron chi connectivity index (χ3n) is 3.16. The second-order valence-electron chi connectivity index (χ2n) is 5.10. The molecule has 0 bridgehead atoms. The molecule has 2 N–H and O–H groups in total. The molecule has 6 nitrogen and oxygen atoms in total. The summed E-state index contributed by atoms with van der Waals surface area (Å²) in [5.41, 5.74) is 2.91. The highest BCUT2D eigenvalue weighted by molar-refractivity contribution is 5.85. The molecule has 2 rings (SSSR count). The summed E-state index contributed by atoms with van der Waals surface area (Å²) < 4.78 is 9.63. The van der Waals surface area contributed by atoms with Gasteiger partial charge in [0.1, 0.15) is 0 Å². The molecule has 2 aromatic rings. The number of carbonyl (C=O) groups excluding carboxylic acids is 2. The molecule has 0 saturated heterocycles. The second kappa shape index (κ2) is 9.74. The largest absolute Gasteiger partial charge is 0.450 e. The molecule has 6 heteroatoms. The van der Waals surface area contributed by atoms with Crippen molar-refractivity contribution in [3.63, 3.8) is 0 Å². The predicted octanol–water partition coefficient (Wildman–Crippen LogP) is 4.22. The van der Waals surface area contributed by atoms with Crippen molar-refractivity contribution in [2.45, 2.75) is 13.8 Å². The lowest BCUT2D eigenvalue weighted by Crippen LogP contribution is -2.13. The maximum Gasteiger partial charge on any atom is 0.411 e. The number of ether oxygens (including phenoxy) is 2. The van der Waals surface area contributed by atoms with Crippen LogP contribution in [0.5, 0.6) is 0 Å². The van der Waals surface area contributed by atoms with E-state index in [2.05, 4.69) is 22.5 Å². The molecule has 0 fully saturated rings. The van der Waals surface area contributed by atoms with Gasteiger partial charge in [-0.15, -0.1) is 0 Å². The lowest BCUT2D eigenvalue weighted by Gasteiger charge is -2.05. The van der Waals surface area contributed by atoms with E-state index in [9.17, 15) is 9.59 Å². The lowest BCUT2D eigenvalue weighted by atomic mass is 10.1. The molecule has 0 radical (unpaired) electrons. The van der Waals surface area contributed by atoms with E-state index >= 15 is 0 Å². The minimum atomic E-state index is -0.483. The first-order valence-electron chi connectivity index (χ1n) is 8.20. The van der Waals surface area contributed by atoms with Crippen LogP contribution in [0, 0.1) is 11.8 Å². The monoisotopic (exact) mass is 352 g/mol. The fraction of sp³-hybridized carbons (Fsp3) is 0.200. The molecular formula is C20H20N2O4. The summed E-state index contributed by atoms with van der Waals surface area (Å²) >= 11 is 0. The number of carbonyl (C=O) groups is 2. The third kappa shape index (κ3) is 6.21. The van der Waals surface area contributed by atoms with Gasteiger partial charge in [-0.25, -0.2) is 9.59 Å². The number of amides is 2. The molecular weight excluding hydrogens is 332 g/mol. The van der Waals surface area contributed by atoms with E-state index in [1.807, 2.05) is 24.3 Å². The average molecular weight is 352 g/mol. The van der Waals surface area contributed by atoms with E-state index in [-0.39, 0.29) is 0 Å². The molecule has 0 spiro atoms. The van der Waals surface area contributed by atoms with E-state index in [0.717, 1.165) is 11.1 Å². The van der Waals surface area contributed by atoms with Gasteiger partial charge < -0.3 is 9.47 Å². The number of rotatable bonds is 4. The Bertz CT molecular complexity index is 735. The highest BCUT2D eigenvalue weighted by Crippen LogP contribution is 2.11. The van der Waals surface area contributed by atoms with Crippen LogP contribution in [-0.4, -0.2) is 25.4 Å². The fourth-order valence-electron chi connectivity index (χ4n) is 1.99. The molecule has 0 unspecified atom stereocenters. The van der Waals surface area contributed by atoms with Gasteiger partial charge in [0.25, 0.3) is 0 Å². The summed E-state index contributed by atoms with van der Waals surface area (Å²) in [7, 11) is 0. The number of hydrogen-bond donors (Lipinski definition) is 2. The summed E-state index contributed by atoms with van der Waals surface area (Å²) in [5, 5.41) is 5.24. The van der Waals surface area contributed by atoms with Gasteiger partial charge in [-0.1, -0.05) is 11.8 Å². The maximum atomic E-state index is 11.3. The van der Waals surface area contributed by atoms with Gasteiger partial charge in [0.15, 0.2) is 0 Å². The first-order valence-corrected chi connectivity index (χ1v) is 8.20. The highest BCUT2D eigenvalue weighted by atomic mass is 16.6. The standard InChI is InChI=1S/C20H20N2O4/c1-3-25-19(23)21-17-11-7-15(8-12-17)5-6-16-9-13-18(14-10-16)22-20(24)26-4-2/h7-14H,3-4H2,1-2H3,(H,21,23)(H,22,24). The first kappa shape index (κ1) is 18.9. The maximum absolute atomic E-state index is 11.3. The molecule has 0 aliphatic carbocycles. The van der Waals surface area contributed by atoms with Crippen LogP contribution in [0.3, 0.4) is 0 Å². The zero-order valence-electron chi connectivity index (χ0n) is 14.7. The summed E-state index contributed by atoms with van der Waals surface area (Å²) in [6.45, 7) is 4.14. The zero-order chi connectivity index (χ0) is 18.8. The van der Waals surface area contributed by atoms with Crippen molar-refractivity contribution in [3.05, 3.63) is 59.7 Å². The second-order valence-corrected chi connectivity index (χ2v) is 5.10. The van der Waals surface area contributed by atoms with E-state index in [4.69, 9.17) is 9.47 Å². The van der Waals surface area contributed by atoms with E-state index in [0.29, 0.717) is 24.6 Å². The Hall–Kier alpha value is -3.46. The van der Waals surface area contributed by atoms with E-state index in [1.54, 1.807) is 38.1 Å². The van der Waals surface area contributed by atoms with Crippen molar-refractivity contribution < 1.29 is 19.1 Å². The Balaban J connectivity index is 1.96. The van der Waals surface area contributed by atoms with Crippen LogP contribution >= 0.6 is 0 Å². The van der Waals surface area contributed by atoms with E-state index in [1.165, 1.54) is 0 Å². The van der Waals surface area contributed by atoms with Crippen LogP contribution in [-0.2, 0) is 9.47 Å². The fourth-order valence-corrected chi connectivity index (χ4v) is 1.99. The number of nitrogens with one attached hydrogen (secondary N) is 2. The van der Waals surface area contributed by atoms with Gasteiger partial charge in [0, 0.05) is 22.5 Å². The van der Waals surface area contributed by atoms with Crippen molar-refractivity contribution in [3.8, 4) is 11.8 Å². The molecule has 134 valence electrons. The summed E-state index contributed by atoms with van der Waals surface area (Å²) in [5.74, 6) is 6.08. The Kier molecular flexibility index (Phi) is 7.07. The molecule has 0 aliphatic rings. The zero-order valence-corrected chi connectivity index (χ0v) is 14.7. The molecule has 0 aliphatic heterocycles. The van der Waals surface area contributed by atoms with Crippen LogP contribution in [0.2, 0.25) is 0 Å². The Labute approximate surface area is 152 Å². The van der Waals surface area contributed by atoms with Crippen LogP contribution in [0.15, 0.2) is 48.5 Å². The summed E-state index contributed by atoms with van der Waals surface area (Å²) in [4.78, 5) is 22.7. The molecule has 2 aromatic carbocycles. The molecule has 2 amide bonds. The quantitative estimate of drug-likeness (QED) is 0.808. The predicted molar refractivity (Wildman–Crippen MR) is 100 cm³/mol. The van der Waals surface area contributed by atoms with Crippen LogP contribution in [0.25, 0.3) is 0 Å². The van der Waals surface area contributed by atoms with Gasteiger partial charge in [0.05, 0.1) is 13.2 Å². The van der Waals surface area contributed by atoms with Crippen molar-refractivity contribution in [1.29, 1.82) is 0 Å². The van der Waals surface area contributed by atoms with E-state index < -0.39 is 12.2 Å². The third-order valence-corrected chi connectivity index (χ3v) is 3.16. The number of benzene rings is 2. The topological polar surface area (TPSA) is 76.7 Å². The number of anilines is 2. The van der Waals surface area contributed by atoms with Crippen molar-refractivity contribution in [2.24, 2.45) is 0 Å². The first-order chi connectivity index (χ1) is 12.6. The minimum absolute atomic E-state index is 0.323. The average Bonchev–Trinajstić information content (AvgIpc) is 2.63. The van der Waals surface area contributed by atoms with Crippen molar-refractivity contribution in [2.75, 3.05) is 23.8 Å². The van der Waals surface area contributed by atoms with Crippen LogP contribution in [0.4, 0.5) is 21.0 Å². The Morgan fingerprint density at radius 2 is 1.08 bits per heavy atom. The van der Waals surface area contributed by atoms with Gasteiger partial charge in [-0.05, 0) is 62.4 Å². The molecule has 0 atom stereocenters. The summed E-state index contributed by atoms with van der Waals surface area (Å²) in [6.07, 6.45) is -0.967. The molecule has 0 heterocycles. The van der Waals surface area contributed by atoms with Crippen LogP contribution in [0.1, 0.15) is 25.0 Å². The lowest BCUT2D eigenvalue weighted by molar-refractivity contribution is 0.167. The molecule has 0 saturated carbocycles. The van der Waals surface area contributed by atoms with Crippen molar-refractivity contribution in [1.82, 2.24) is 0 Å². The van der Waals surface area contributed by atoms with Gasteiger partial charge in [0.2, 0.25) is 0 Å². The smallest absolute Gasteiger partial charge is 0.411 e. The number of hydrogen-bond acceptors (Lipinski definition) is 4. The highest BCUT2D eigenvalue weighted by Gasteiger charge is 2.02. The molecule has 26 heavy (non-hydrogen) atoms.